The number of methoxy groups -OCH3 is 1. The lowest BCUT2D eigenvalue weighted by Crippen LogP contribution is -2.12. The van der Waals surface area contributed by atoms with Crippen molar-refractivity contribution >= 4 is 29.2 Å². The number of ether oxygens (including phenoxy) is 1. The van der Waals surface area contributed by atoms with Crippen LogP contribution in [-0.2, 0) is 10.7 Å². The predicted octanol–water partition coefficient (Wildman–Crippen LogP) is 4.40. The van der Waals surface area contributed by atoms with Crippen molar-refractivity contribution in [1.29, 1.82) is 0 Å². The maximum atomic E-state index is 13.6. The summed E-state index contributed by atoms with van der Waals surface area (Å²) in [6, 6.07) is 9.42. The highest BCUT2D eigenvalue weighted by Crippen LogP contribution is 2.28. The Bertz CT molecular complexity index is 1070. The minimum absolute atomic E-state index is 0.264. The number of nitrogens with zero attached hydrogens (tertiary/aromatic N) is 4. The summed E-state index contributed by atoms with van der Waals surface area (Å²) in [5.74, 6) is -1.66. The number of aromatic nitrogens is 4. The highest BCUT2D eigenvalue weighted by Gasteiger charge is 2.26. The van der Waals surface area contributed by atoms with Crippen molar-refractivity contribution in [3.05, 3.63) is 48.3 Å². The van der Waals surface area contributed by atoms with E-state index < -0.39 is 12.0 Å². The second kappa shape index (κ2) is 9.28. The number of amides is 1. The van der Waals surface area contributed by atoms with Crippen LogP contribution in [0.5, 0.6) is 0 Å². The first-order chi connectivity index (χ1) is 14.8. The lowest BCUT2D eigenvalue weighted by Gasteiger charge is -2.13. The first-order valence-electron chi connectivity index (χ1n) is 9.35. The van der Waals surface area contributed by atoms with Crippen LogP contribution in [0.25, 0.3) is 11.5 Å². The van der Waals surface area contributed by atoms with Gasteiger partial charge in [-0.3, -0.25) is 10.3 Å². The average molecular weight is 429 g/mol. The normalized spacial score (nSPS) is 11.0. The van der Waals surface area contributed by atoms with Gasteiger partial charge in [0.15, 0.2) is 5.82 Å². The minimum Gasteiger partial charge on any atom is -0.453 e. The van der Waals surface area contributed by atoms with Gasteiger partial charge in [0.25, 0.3) is 5.92 Å². The number of hydrogen-bond acceptors (Lipinski definition) is 8. The zero-order valence-corrected chi connectivity index (χ0v) is 17.1. The van der Waals surface area contributed by atoms with Crippen LogP contribution in [0.2, 0.25) is 0 Å². The molecule has 3 rings (SSSR count). The van der Waals surface area contributed by atoms with Crippen molar-refractivity contribution in [2.24, 2.45) is 0 Å². The second-order valence-corrected chi connectivity index (χ2v) is 6.46. The van der Waals surface area contributed by atoms with Crippen molar-refractivity contribution in [3.63, 3.8) is 0 Å². The predicted molar refractivity (Wildman–Crippen MR) is 113 cm³/mol. The Kier molecular flexibility index (Phi) is 6.53. The SMILES string of the molecule is CCNc1cc(Nc2ccnc(C(C)(F)F)c2)nc(-c2cccc(NC(=O)OC)n2)n1. The van der Waals surface area contributed by atoms with Crippen LogP contribution in [0.4, 0.5) is 36.7 Å². The lowest BCUT2D eigenvalue weighted by atomic mass is 10.2. The summed E-state index contributed by atoms with van der Waals surface area (Å²) in [5.41, 5.74) is 0.432. The standard InChI is InChI=1S/C20H21F2N7O2/c1-4-23-16-11-17(25-12-8-9-24-14(10-12)20(2,21)22)28-18(27-16)13-6-5-7-15(26-13)29-19(30)31-3/h5-11H,4H2,1-3H3,(H,26,29,30)(H2,23,24,25,27,28). The number of pyridine rings is 2. The van der Waals surface area contributed by atoms with E-state index in [4.69, 9.17) is 0 Å². The van der Waals surface area contributed by atoms with E-state index in [1.165, 1.54) is 19.4 Å². The van der Waals surface area contributed by atoms with E-state index in [1.54, 1.807) is 30.3 Å². The minimum atomic E-state index is -3.07. The molecule has 0 atom stereocenters. The Morgan fingerprint density at radius 3 is 2.58 bits per heavy atom. The van der Waals surface area contributed by atoms with E-state index in [-0.39, 0.29) is 17.3 Å². The summed E-state index contributed by atoms with van der Waals surface area (Å²) in [6.45, 7) is 3.30. The third-order valence-electron chi connectivity index (χ3n) is 3.96. The molecule has 31 heavy (non-hydrogen) atoms. The van der Waals surface area contributed by atoms with Crippen LogP contribution in [-0.4, -0.2) is 39.7 Å². The van der Waals surface area contributed by atoms with E-state index in [9.17, 15) is 13.6 Å². The molecule has 11 heteroatoms. The average Bonchev–Trinajstić information content (AvgIpc) is 2.73. The van der Waals surface area contributed by atoms with Gasteiger partial charge in [0.2, 0.25) is 0 Å². The number of halogens is 2. The van der Waals surface area contributed by atoms with Crippen LogP contribution >= 0.6 is 0 Å². The molecule has 0 saturated carbocycles. The number of alkyl halides is 2. The van der Waals surface area contributed by atoms with Gasteiger partial charge in [-0.25, -0.2) is 19.7 Å². The fourth-order valence-electron chi connectivity index (χ4n) is 2.58. The molecular formula is C20H21F2N7O2. The quantitative estimate of drug-likeness (QED) is 0.506. The maximum Gasteiger partial charge on any atom is 0.412 e. The number of hydrogen-bond donors (Lipinski definition) is 3. The number of anilines is 4. The largest absolute Gasteiger partial charge is 0.453 e. The molecule has 0 radical (unpaired) electrons. The Morgan fingerprint density at radius 1 is 1.10 bits per heavy atom. The Morgan fingerprint density at radius 2 is 1.87 bits per heavy atom. The molecule has 3 aromatic heterocycles. The molecule has 0 spiro atoms. The third kappa shape index (κ3) is 5.81. The van der Waals surface area contributed by atoms with Gasteiger partial charge >= 0.3 is 6.09 Å². The molecule has 0 aliphatic heterocycles. The van der Waals surface area contributed by atoms with Gasteiger partial charge in [0, 0.05) is 31.4 Å². The number of carbonyl (C=O) groups is 1. The van der Waals surface area contributed by atoms with E-state index >= 15 is 0 Å². The molecule has 0 bridgehead atoms. The summed E-state index contributed by atoms with van der Waals surface area (Å²) in [4.78, 5) is 28.3. The van der Waals surface area contributed by atoms with E-state index in [2.05, 4.69) is 40.6 Å². The van der Waals surface area contributed by atoms with Gasteiger partial charge in [0.1, 0.15) is 28.8 Å². The van der Waals surface area contributed by atoms with Crippen LogP contribution in [0.1, 0.15) is 19.5 Å². The molecule has 162 valence electrons. The van der Waals surface area contributed by atoms with Gasteiger partial charge in [-0.15, -0.1) is 0 Å². The van der Waals surface area contributed by atoms with Gasteiger partial charge in [-0.05, 0) is 31.2 Å². The zero-order valence-electron chi connectivity index (χ0n) is 17.1. The summed E-state index contributed by atoms with van der Waals surface area (Å²) in [7, 11) is 1.25. The smallest absolute Gasteiger partial charge is 0.412 e. The first kappa shape index (κ1) is 21.8. The molecule has 0 saturated heterocycles. The molecule has 0 aliphatic carbocycles. The van der Waals surface area contributed by atoms with Crippen LogP contribution in [0, 0.1) is 0 Å². The topological polar surface area (TPSA) is 114 Å². The second-order valence-electron chi connectivity index (χ2n) is 6.46. The summed E-state index contributed by atoms with van der Waals surface area (Å²) in [6.07, 6.45) is 0.641. The number of rotatable bonds is 7. The Labute approximate surface area is 177 Å². The van der Waals surface area contributed by atoms with Crippen molar-refractivity contribution in [1.82, 2.24) is 19.9 Å². The molecule has 3 N–H and O–H groups in total. The fourth-order valence-corrected chi connectivity index (χ4v) is 2.58. The van der Waals surface area contributed by atoms with E-state index in [0.717, 1.165) is 6.92 Å². The van der Waals surface area contributed by atoms with Crippen molar-refractivity contribution in [3.8, 4) is 11.5 Å². The Balaban J connectivity index is 1.95. The maximum absolute atomic E-state index is 13.6. The zero-order chi connectivity index (χ0) is 22.4. The molecule has 0 unspecified atom stereocenters. The van der Waals surface area contributed by atoms with E-state index in [0.29, 0.717) is 29.6 Å². The van der Waals surface area contributed by atoms with Gasteiger partial charge in [0.05, 0.1) is 7.11 Å². The molecule has 9 nitrogen and oxygen atoms in total. The van der Waals surface area contributed by atoms with Crippen molar-refractivity contribution in [2.75, 3.05) is 29.6 Å². The molecule has 0 aliphatic rings. The first-order valence-corrected chi connectivity index (χ1v) is 9.35. The van der Waals surface area contributed by atoms with Gasteiger partial charge in [-0.1, -0.05) is 6.07 Å². The summed E-state index contributed by atoms with van der Waals surface area (Å²) < 4.78 is 31.8. The summed E-state index contributed by atoms with van der Waals surface area (Å²) >= 11 is 0. The number of nitrogens with one attached hydrogen (secondary N) is 3. The highest BCUT2D eigenvalue weighted by atomic mass is 19.3. The monoisotopic (exact) mass is 429 g/mol. The third-order valence-corrected chi connectivity index (χ3v) is 3.96. The lowest BCUT2D eigenvalue weighted by molar-refractivity contribution is 0.0128. The van der Waals surface area contributed by atoms with Crippen molar-refractivity contribution < 1.29 is 18.3 Å². The van der Waals surface area contributed by atoms with Gasteiger partial charge in [-0.2, -0.15) is 8.78 Å². The highest BCUT2D eigenvalue weighted by molar-refractivity contribution is 5.83. The molecule has 1 amide bonds. The fraction of sp³-hybridized carbons (Fsp3) is 0.250. The van der Waals surface area contributed by atoms with Crippen LogP contribution in [0.15, 0.2) is 42.6 Å². The molecule has 0 fully saturated rings. The van der Waals surface area contributed by atoms with E-state index in [1.807, 2.05) is 6.92 Å². The summed E-state index contributed by atoms with van der Waals surface area (Å²) in [5, 5.41) is 8.57. The number of carbonyl (C=O) groups excluding carboxylic acids is 1. The van der Waals surface area contributed by atoms with Crippen LogP contribution < -0.4 is 16.0 Å². The van der Waals surface area contributed by atoms with Gasteiger partial charge < -0.3 is 15.4 Å². The van der Waals surface area contributed by atoms with Crippen LogP contribution in [0.3, 0.4) is 0 Å². The molecule has 3 heterocycles. The van der Waals surface area contributed by atoms with Crippen molar-refractivity contribution in [2.45, 2.75) is 19.8 Å². The molecule has 3 aromatic rings. The molecule has 0 aromatic carbocycles. The molecular weight excluding hydrogens is 408 g/mol. The Hall–Kier alpha value is -3.89.